The van der Waals surface area contributed by atoms with E-state index in [2.05, 4.69) is 15.0 Å². The van der Waals surface area contributed by atoms with E-state index in [1.165, 1.54) is 12.1 Å². The van der Waals surface area contributed by atoms with Gasteiger partial charge >= 0.3 is 0 Å². The van der Waals surface area contributed by atoms with Crippen molar-refractivity contribution in [3.8, 4) is 5.88 Å². The second-order valence-electron chi connectivity index (χ2n) is 6.77. The number of fused-ring (bicyclic) bond motifs is 2. The molecule has 8 heteroatoms. The molecule has 5 aromatic rings. The van der Waals surface area contributed by atoms with Crippen molar-refractivity contribution in [1.82, 2.24) is 15.0 Å². The van der Waals surface area contributed by atoms with Crippen LogP contribution in [0.4, 0.5) is 11.4 Å². The molecule has 0 saturated heterocycles. The molecule has 0 aliphatic carbocycles. The molecule has 0 radical (unpaired) electrons. The summed E-state index contributed by atoms with van der Waals surface area (Å²) in [5.41, 5.74) is 4.51. The number of aromatic nitrogens is 3. The lowest BCUT2D eigenvalue weighted by Crippen LogP contribution is -2.03. The van der Waals surface area contributed by atoms with Crippen molar-refractivity contribution < 1.29 is 10.0 Å². The van der Waals surface area contributed by atoms with E-state index < -0.39 is 4.92 Å². The first kappa shape index (κ1) is 17.6. The third kappa shape index (κ3) is 2.96. The molecule has 0 bridgehead atoms. The summed E-state index contributed by atoms with van der Waals surface area (Å²) >= 11 is 0. The van der Waals surface area contributed by atoms with Crippen LogP contribution >= 0.6 is 0 Å². The fourth-order valence-electron chi connectivity index (χ4n) is 3.50. The summed E-state index contributed by atoms with van der Waals surface area (Å²) in [5, 5.41) is 22.5. The number of aromatic hydroxyl groups is 1. The van der Waals surface area contributed by atoms with Gasteiger partial charge in [-0.2, -0.15) is 0 Å². The Morgan fingerprint density at radius 1 is 1.03 bits per heavy atom. The van der Waals surface area contributed by atoms with E-state index in [4.69, 9.17) is 4.99 Å². The topological polar surface area (TPSA) is 120 Å². The molecule has 0 amide bonds. The van der Waals surface area contributed by atoms with Gasteiger partial charge in [-0.1, -0.05) is 30.3 Å². The smallest absolute Gasteiger partial charge is 0.270 e. The highest BCUT2D eigenvalue weighted by Gasteiger charge is 2.20. The lowest BCUT2D eigenvalue weighted by atomic mass is 10.0. The number of imidazole rings is 1. The maximum Gasteiger partial charge on any atom is 0.270 e. The Labute approximate surface area is 169 Å². The van der Waals surface area contributed by atoms with Crippen LogP contribution in [0.15, 0.2) is 78.0 Å². The Hall–Kier alpha value is -4.46. The summed E-state index contributed by atoms with van der Waals surface area (Å²) in [5.74, 6) is -0.101. The molecule has 0 fully saturated rings. The standard InChI is InChI=1S/C22H15N5O3/c28-22-20(16-11-15(27(29)30)7-9-17(16)26-22)21(13-4-2-1-3-5-13)25-14-6-8-18-19(10-14)24-12-23-18/h1-12,26,28H,(H,23,24). The first-order chi connectivity index (χ1) is 14.6. The van der Waals surface area contributed by atoms with Crippen LogP contribution in [0.25, 0.3) is 21.9 Å². The van der Waals surface area contributed by atoms with E-state index in [0.717, 1.165) is 16.6 Å². The zero-order chi connectivity index (χ0) is 20.7. The average Bonchev–Trinajstić information content (AvgIpc) is 3.35. The van der Waals surface area contributed by atoms with Crippen molar-refractivity contribution in [3.63, 3.8) is 0 Å². The maximum absolute atomic E-state index is 11.3. The molecule has 8 nitrogen and oxygen atoms in total. The van der Waals surface area contributed by atoms with Crippen LogP contribution < -0.4 is 0 Å². The number of rotatable bonds is 4. The molecule has 2 heterocycles. The Balaban J connectivity index is 1.78. The van der Waals surface area contributed by atoms with Crippen molar-refractivity contribution in [1.29, 1.82) is 0 Å². The molecule has 146 valence electrons. The molecule has 0 aliphatic rings. The second-order valence-corrected chi connectivity index (χ2v) is 6.77. The van der Waals surface area contributed by atoms with E-state index in [9.17, 15) is 15.2 Å². The Morgan fingerprint density at radius 2 is 1.87 bits per heavy atom. The predicted octanol–water partition coefficient (Wildman–Crippen LogP) is 4.83. The minimum atomic E-state index is -0.460. The highest BCUT2D eigenvalue weighted by Crippen LogP contribution is 2.33. The molecule has 3 aromatic carbocycles. The minimum absolute atomic E-state index is 0.0611. The normalized spacial score (nSPS) is 11.9. The molecule has 3 N–H and O–H groups in total. The summed E-state index contributed by atoms with van der Waals surface area (Å²) in [6.07, 6.45) is 1.61. The zero-order valence-corrected chi connectivity index (χ0v) is 15.5. The number of nitrogens with zero attached hydrogens (tertiary/aromatic N) is 3. The van der Waals surface area contributed by atoms with Gasteiger partial charge in [0.25, 0.3) is 5.69 Å². The van der Waals surface area contributed by atoms with Crippen molar-refractivity contribution in [2.45, 2.75) is 0 Å². The summed E-state index contributed by atoms with van der Waals surface area (Å²) in [6, 6.07) is 19.4. The lowest BCUT2D eigenvalue weighted by Gasteiger charge is -2.08. The first-order valence-electron chi connectivity index (χ1n) is 9.17. The van der Waals surface area contributed by atoms with Crippen LogP contribution in [-0.2, 0) is 0 Å². The van der Waals surface area contributed by atoms with Gasteiger partial charge < -0.3 is 15.1 Å². The fraction of sp³-hybridized carbons (Fsp3) is 0. The Kier molecular flexibility index (Phi) is 4.03. The Morgan fingerprint density at radius 3 is 2.67 bits per heavy atom. The van der Waals surface area contributed by atoms with Crippen LogP contribution in [-0.4, -0.2) is 30.7 Å². The van der Waals surface area contributed by atoms with Crippen molar-refractivity contribution in [2.24, 2.45) is 4.99 Å². The quantitative estimate of drug-likeness (QED) is 0.228. The van der Waals surface area contributed by atoms with Gasteiger partial charge in [0.2, 0.25) is 0 Å². The van der Waals surface area contributed by atoms with Crippen molar-refractivity contribution in [3.05, 3.63) is 94.3 Å². The molecule has 0 saturated carbocycles. The molecular weight excluding hydrogens is 382 g/mol. The van der Waals surface area contributed by atoms with Crippen LogP contribution in [0, 0.1) is 10.1 Å². The number of aliphatic imine (C=N–C) groups is 1. The number of non-ortho nitro benzene ring substituents is 1. The van der Waals surface area contributed by atoms with Gasteiger partial charge in [0.15, 0.2) is 5.88 Å². The fourth-order valence-corrected chi connectivity index (χ4v) is 3.50. The molecule has 0 aliphatic heterocycles. The molecule has 5 rings (SSSR count). The summed E-state index contributed by atoms with van der Waals surface area (Å²) < 4.78 is 0. The maximum atomic E-state index is 11.3. The van der Waals surface area contributed by atoms with Gasteiger partial charge in [-0.15, -0.1) is 0 Å². The van der Waals surface area contributed by atoms with Crippen molar-refractivity contribution in [2.75, 3.05) is 0 Å². The molecule has 0 spiro atoms. The van der Waals surface area contributed by atoms with Crippen LogP contribution in [0.1, 0.15) is 11.1 Å². The minimum Gasteiger partial charge on any atom is -0.494 e. The molecule has 0 atom stereocenters. The first-order valence-corrected chi connectivity index (χ1v) is 9.17. The van der Waals surface area contributed by atoms with E-state index in [1.54, 1.807) is 12.4 Å². The van der Waals surface area contributed by atoms with E-state index in [1.807, 2.05) is 48.5 Å². The van der Waals surface area contributed by atoms with Gasteiger partial charge in [-0.05, 0) is 24.3 Å². The Bertz CT molecular complexity index is 1430. The van der Waals surface area contributed by atoms with E-state index >= 15 is 0 Å². The number of hydrogen-bond acceptors (Lipinski definition) is 5. The molecule has 0 unspecified atom stereocenters. The SMILES string of the molecule is O=[N+]([O-])c1ccc2[nH]c(O)c(C(=Nc3ccc4nc[nH]c4c3)c3ccccc3)c2c1. The zero-order valence-electron chi connectivity index (χ0n) is 15.5. The number of aromatic amines is 2. The number of nitrogens with one attached hydrogen (secondary N) is 2. The molecule has 2 aromatic heterocycles. The van der Waals surface area contributed by atoms with Gasteiger partial charge in [0.05, 0.1) is 39.2 Å². The third-order valence-electron chi connectivity index (χ3n) is 4.90. The molecular formula is C22H15N5O3. The van der Waals surface area contributed by atoms with Crippen molar-refractivity contribution >= 4 is 39.0 Å². The molecule has 30 heavy (non-hydrogen) atoms. The largest absolute Gasteiger partial charge is 0.494 e. The highest BCUT2D eigenvalue weighted by atomic mass is 16.6. The lowest BCUT2D eigenvalue weighted by molar-refractivity contribution is -0.384. The number of H-pyrrole nitrogens is 2. The van der Waals surface area contributed by atoms with Gasteiger partial charge in [-0.25, -0.2) is 9.98 Å². The van der Waals surface area contributed by atoms with Crippen LogP contribution in [0.5, 0.6) is 5.88 Å². The number of benzene rings is 3. The van der Waals surface area contributed by atoms with Gasteiger partial charge in [0.1, 0.15) is 0 Å². The highest BCUT2D eigenvalue weighted by molar-refractivity contribution is 6.22. The van der Waals surface area contributed by atoms with E-state index in [-0.39, 0.29) is 11.6 Å². The van der Waals surface area contributed by atoms with Gasteiger partial charge in [-0.3, -0.25) is 10.1 Å². The van der Waals surface area contributed by atoms with Gasteiger partial charge in [0, 0.05) is 28.6 Å². The number of hydrogen-bond donors (Lipinski definition) is 3. The monoisotopic (exact) mass is 397 g/mol. The summed E-state index contributed by atoms with van der Waals surface area (Å²) in [6.45, 7) is 0. The summed E-state index contributed by atoms with van der Waals surface area (Å²) in [4.78, 5) is 25.8. The summed E-state index contributed by atoms with van der Waals surface area (Å²) in [7, 11) is 0. The average molecular weight is 397 g/mol. The van der Waals surface area contributed by atoms with Crippen LogP contribution in [0.2, 0.25) is 0 Å². The number of nitro benzene ring substituents is 1. The third-order valence-corrected chi connectivity index (χ3v) is 4.90. The predicted molar refractivity (Wildman–Crippen MR) is 114 cm³/mol. The number of nitro groups is 1. The van der Waals surface area contributed by atoms with E-state index in [0.29, 0.717) is 27.9 Å². The second kappa shape index (κ2) is 6.85. The van der Waals surface area contributed by atoms with Crippen LogP contribution in [0.3, 0.4) is 0 Å².